The van der Waals surface area contributed by atoms with E-state index in [0.29, 0.717) is 6.42 Å². The van der Waals surface area contributed by atoms with Crippen LogP contribution in [0.15, 0.2) is 12.2 Å². The molecular formula is C26H49O8P. The Balaban J connectivity index is 4.14. The van der Waals surface area contributed by atoms with E-state index in [2.05, 4.69) is 30.5 Å². The molecule has 9 heteroatoms. The lowest BCUT2D eigenvalue weighted by molar-refractivity contribution is -0.161. The average molecular weight is 521 g/mol. The summed E-state index contributed by atoms with van der Waals surface area (Å²) in [5, 5.41) is 0. The van der Waals surface area contributed by atoms with Gasteiger partial charge in [-0.2, -0.15) is 0 Å². The molecule has 0 amide bonds. The zero-order valence-corrected chi connectivity index (χ0v) is 22.9. The molecule has 0 spiro atoms. The van der Waals surface area contributed by atoms with Crippen molar-refractivity contribution in [1.82, 2.24) is 0 Å². The quantitative estimate of drug-likeness (QED) is 0.0619. The van der Waals surface area contributed by atoms with Gasteiger partial charge in [-0.1, -0.05) is 90.2 Å². The molecule has 0 saturated carbocycles. The van der Waals surface area contributed by atoms with E-state index in [0.717, 1.165) is 64.2 Å². The molecule has 0 aromatic rings. The third-order valence-corrected chi connectivity index (χ3v) is 6.00. The van der Waals surface area contributed by atoms with Gasteiger partial charge in [-0.3, -0.25) is 14.1 Å². The van der Waals surface area contributed by atoms with E-state index < -0.39 is 32.5 Å². The summed E-state index contributed by atoms with van der Waals surface area (Å²) < 4.78 is 25.9. The molecule has 0 unspecified atom stereocenters. The first-order valence-electron chi connectivity index (χ1n) is 13.5. The van der Waals surface area contributed by atoms with Gasteiger partial charge in [0.2, 0.25) is 0 Å². The lowest BCUT2D eigenvalue weighted by atomic mass is 10.1. The predicted octanol–water partition coefficient (Wildman–Crippen LogP) is 6.78. The lowest BCUT2D eigenvalue weighted by Crippen LogP contribution is -2.29. The summed E-state index contributed by atoms with van der Waals surface area (Å²) in [6.07, 6.45) is 19.7. The van der Waals surface area contributed by atoms with E-state index >= 15 is 0 Å². The number of hydrogen-bond acceptors (Lipinski definition) is 6. The first kappa shape index (κ1) is 33.8. The molecule has 1 atom stereocenters. The molecule has 0 aliphatic rings. The Morgan fingerprint density at radius 3 is 1.86 bits per heavy atom. The van der Waals surface area contributed by atoms with Gasteiger partial charge in [0.15, 0.2) is 6.10 Å². The normalized spacial score (nSPS) is 12.7. The van der Waals surface area contributed by atoms with Crippen molar-refractivity contribution in [2.24, 2.45) is 0 Å². The second-order valence-electron chi connectivity index (χ2n) is 9.02. The number of ether oxygens (including phenoxy) is 2. The van der Waals surface area contributed by atoms with Gasteiger partial charge in [0.1, 0.15) is 6.61 Å². The molecule has 0 radical (unpaired) electrons. The maximum atomic E-state index is 12.2. The van der Waals surface area contributed by atoms with Crippen LogP contribution in [-0.2, 0) is 28.2 Å². The molecule has 35 heavy (non-hydrogen) atoms. The summed E-state index contributed by atoms with van der Waals surface area (Å²) in [6, 6.07) is 0. The van der Waals surface area contributed by atoms with Crippen LogP contribution in [0.25, 0.3) is 0 Å². The molecule has 0 aromatic carbocycles. The van der Waals surface area contributed by atoms with E-state index in [4.69, 9.17) is 19.3 Å². The minimum absolute atomic E-state index is 0.203. The third-order valence-electron chi connectivity index (χ3n) is 5.52. The van der Waals surface area contributed by atoms with Crippen molar-refractivity contribution in [1.29, 1.82) is 0 Å². The van der Waals surface area contributed by atoms with Crippen LogP contribution in [0.4, 0.5) is 0 Å². The van der Waals surface area contributed by atoms with Crippen LogP contribution in [-0.4, -0.2) is 41.0 Å². The van der Waals surface area contributed by atoms with Gasteiger partial charge in [0, 0.05) is 12.8 Å². The van der Waals surface area contributed by atoms with Gasteiger partial charge in [0.25, 0.3) is 0 Å². The standard InChI is InChI=1S/C26H49O8P/c1-3-5-7-9-11-12-13-15-17-19-21-26(28)34-24(23-33-35(29,30)31)22-32-25(27)20-18-16-14-10-8-6-4-2/h7,9,24H,3-6,8,10-23H2,1-2H3,(H2,29,30,31)/b9-7+/t24-/m0/s1. The van der Waals surface area contributed by atoms with Crippen molar-refractivity contribution in [2.45, 2.75) is 129 Å². The lowest BCUT2D eigenvalue weighted by Gasteiger charge is -2.18. The van der Waals surface area contributed by atoms with Crippen molar-refractivity contribution in [2.75, 3.05) is 13.2 Å². The van der Waals surface area contributed by atoms with E-state index in [1.54, 1.807) is 0 Å². The van der Waals surface area contributed by atoms with Crippen LogP contribution in [0.1, 0.15) is 123 Å². The number of phosphoric acid groups is 1. The number of hydrogen-bond donors (Lipinski definition) is 2. The van der Waals surface area contributed by atoms with Crippen molar-refractivity contribution in [3.63, 3.8) is 0 Å². The van der Waals surface area contributed by atoms with Crippen LogP contribution in [0.3, 0.4) is 0 Å². The van der Waals surface area contributed by atoms with E-state index in [1.165, 1.54) is 25.7 Å². The Morgan fingerprint density at radius 1 is 0.714 bits per heavy atom. The number of carbonyl (C=O) groups is 2. The van der Waals surface area contributed by atoms with Gasteiger partial charge in [-0.15, -0.1) is 0 Å². The molecule has 0 fully saturated rings. The maximum Gasteiger partial charge on any atom is 0.469 e. The fraction of sp³-hybridized carbons (Fsp3) is 0.846. The topological polar surface area (TPSA) is 119 Å². The van der Waals surface area contributed by atoms with Crippen LogP contribution in [0.5, 0.6) is 0 Å². The van der Waals surface area contributed by atoms with Crippen molar-refractivity contribution >= 4 is 19.8 Å². The highest BCUT2D eigenvalue weighted by Gasteiger charge is 2.22. The minimum atomic E-state index is -4.73. The van der Waals surface area contributed by atoms with Gasteiger partial charge in [0.05, 0.1) is 6.61 Å². The van der Waals surface area contributed by atoms with Crippen molar-refractivity contribution < 1.29 is 37.9 Å². The summed E-state index contributed by atoms with van der Waals surface area (Å²) in [4.78, 5) is 42.0. The largest absolute Gasteiger partial charge is 0.469 e. The van der Waals surface area contributed by atoms with E-state index in [9.17, 15) is 14.2 Å². The molecule has 8 nitrogen and oxygen atoms in total. The Morgan fingerprint density at radius 2 is 1.26 bits per heavy atom. The number of unbranched alkanes of at least 4 members (excludes halogenated alkanes) is 12. The Hall–Kier alpha value is -1.21. The Kier molecular flexibility index (Phi) is 22.4. The number of carbonyl (C=O) groups excluding carboxylic acids is 2. The third kappa shape index (κ3) is 25.7. The van der Waals surface area contributed by atoms with Crippen LogP contribution >= 0.6 is 7.82 Å². The molecule has 0 aliphatic heterocycles. The summed E-state index contributed by atoms with van der Waals surface area (Å²) in [5.74, 6) is -0.907. The predicted molar refractivity (Wildman–Crippen MR) is 138 cm³/mol. The van der Waals surface area contributed by atoms with Gasteiger partial charge >= 0.3 is 19.8 Å². The smallest absolute Gasteiger partial charge is 0.462 e. The Labute approximate surface area is 212 Å². The molecular weight excluding hydrogens is 471 g/mol. The number of phosphoric ester groups is 1. The van der Waals surface area contributed by atoms with E-state index in [-0.39, 0.29) is 19.4 Å². The van der Waals surface area contributed by atoms with Crippen molar-refractivity contribution in [3.05, 3.63) is 12.2 Å². The number of rotatable bonds is 24. The zero-order valence-electron chi connectivity index (χ0n) is 22.0. The highest BCUT2D eigenvalue weighted by atomic mass is 31.2. The van der Waals surface area contributed by atoms with Gasteiger partial charge < -0.3 is 19.3 Å². The fourth-order valence-corrected chi connectivity index (χ4v) is 3.85. The van der Waals surface area contributed by atoms with Crippen LogP contribution < -0.4 is 0 Å². The summed E-state index contributed by atoms with van der Waals surface area (Å²) >= 11 is 0. The molecule has 0 bridgehead atoms. The molecule has 0 heterocycles. The average Bonchev–Trinajstić information content (AvgIpc) is 2.81. The summed E-state index contributed by atoms with van der Waals surface area (Å²) in [7, 11) is -4.73. The first-order chi connectivity index (χ1) is 16.8. The zero-order chi connectivity index (χ0) is 26.2. The number of esters is 2. The van der Waals surface area contributed by atoms with Crippen molar-refractivity contribution in [3.8, 4) is 0 Å². The molecule has 206 valence electrons. The molecule has 0 saturated heterocycles. The molecule has 0 aliphatic carbocycles. The second kappa shape index (κ2) is 23.2. The first-order valence-corrected chi connectivity index (χ1v) is 15.0. The van der Waals surface area contributed by atoms with Gasteiger partial charge in [-0.25, -0.2) is 4.57 Å². The van der Waals surface area contributed by atoms with E-state index in [1.807, 2.05) is 0 Å². The number of allylic oxidation sites excluding steroid dienone is 2. The van der Waals surface area contributed by atoms with Gasteiger partial charge in [-0.05, 0) is 32.1 Å². The molecule has 2 N–H and O–H groups in total. The second-order valence-corrected chi connectivity index (χ2v) is 10.3. The highest BCUT2D eigenvalue weighted by Crippen LogP contribution is 2.35. The monoisotopic (exact) mass is 520 g/mol. The fourth-order valence-electron chi connectivity index (χ4n) is 3.49. The van der Waals surface area contributed by atoms with Crippen LogP contribution in [0.2, 0.25) is 0 Å². The highest BCUT2D eigenvalue weighted by molar-refractivity contribution is 7.46. The maximum absolute atomic E-state index is 12.2. The summed E-state index contributed by atoms with van der Waals surface area (Å²) in [6.45, 7) is 3.51. The SMILES string of the molecule is CCC/C=C/CCCCCCCC(=O)O[C@@H](COC(=O)CCCCCCCCC)COP(=O)(O)O. The molecule has 0 rings (SSSR count). The minimum Gasteiger partial charge on any atom is -0.462 e. The summed E-state index contributed by atoms with van der Waals surface area (Å²) in [5.41, 5.74) is 0. The molecule has 0 aromatic heterocycles. The Bertz CT molecular complexity index is 602. The van der Waals surface area contributed by atoms with Crippen LogP contribution in [0, 0.1) is 0 Å².